The van der Waals surface area contributed by atoms with Gasteiger partial charge >= 0.3 is 5.97 Å². The van der Waals surface area contributed by atoms with Gasteiger partial charge in [0.25, 0.3) is 0 Å². The van der Waals surface area contributed by atoms with E-state index < -0.39 is 86.5 Å². The molecule has 0 aromatic carbocycles. The molecule has 10 N–H and O–H groups in total. The number of aliphatic carboxylic acids is 1. The third kappa shape index (κ3) is 11.1. The van der Waals surface area contributed by atoms with Crippen LogP contribution in [-0.4, -0.2) is 108 Å². The average molecular weight is 466 g/mol. The highest BCUT2D eigenvalue weighted by Crippen LogP contribution is 1.89. The van der Waals surface area contributed by atoms with Crippen molar-refractivity contribution in [2.75, 3.05) is 38.6 Å². The summed E-state index contributed by atoms with van der Waals surface area (Å²) in [6.07, 6.45) is 0. The third-order valence-electron chi connectivity index (χ3n) is 3.52. The molecule has 0 fully saturated rings. The minimum absolute atomic E-state index is 0.177. The first kappa shape index (κ1) is 28.1. The predicted octanol–water partition coefficient (Wildman–Crippen LogP) is -6.37. The second kappa shape index (κ2) is 14.9. The van der Waals surface area contributed by atoms with Crippen molar-refractivity contribution in [3.8, 4) is 0 Å². The molecule has 0 rings (SSSR count). The van der Waals surface area contributed by atoms with E-state index in [1.165, 1.54) is 0 Å². The van der Waals surface area contributed by atoms with E-state index in [-0.39, 0.29) is 5.75 Å². The molecular formula is C15H26N6O9S. The first-order valence-corrected chi connectivity index (χ1v) is 9.41. The Morgan fingerprint density at radius 3 is 1.45 bits per heavy atom. The Kier molecular flexibility index (Phi) is 13.5. The number of amides is 5. The van der Waals surface area contributed by atoms with E-state index in [0.717, 1.165) is 0 Å². The third-order valence-corrected chi connectivity index (χ3v) is 3.88. The molecule has 0 aliphatic carbocycles. The molecule has 16 heteroatoms. The molecule has 31 heavy (non-hydrogen) atoms. The summed E-state index contributed by atoms with van der Waals surface area (Å²) < 4.78 is 0. The standard InChI is InChI=1S/C15H26N6O9S/c16-1-10(24)19-7(4-22)13(27)17-2-11(25)20-8(5-23)14(28)18-3-12(26)21-9(6-31)15(29)30/h7-9,22-23,31H,1-6,16H2,(H,17,27)(H,18,28)(H,19,24)(H,20,25)(H,21,26)(H,29,30)/t7-,8-,9-/m0/s1. The van der Waals surface area contributed by atoms with Crippen LogP contribution in [-0.2, 0) is 28.8 Å². The van der Waals surface area contributed by atoms with Gasteiger partial charge in [-0.2, -0.15) is 12.6 Å². The molecule has 0 aliphatic rings. The monoisotopic (exact) mass is 466 g/mol. The number of carboxylic acid groups (broad SMARTS) is 1. The van der Waals surface area contributed by atoms with Gasteiger partial charge in [0.1, 0.15) is 18.1 Å². The van der Waals surface area contributed by atoms with Crippen LogP contribution in [0, 0.1) is 0 Å². The van der Waals surface area contributed by atoms with Crippen LogP contribution in [0.4, 0.5) is 0 Å². The molecule has 0 saturated heterocycles. The molecule has 0 bridgehead atoms. The summed E-state index contributed by atoms with van der Waals surface area (Å²) in [7, 11) is 0. The summed E-state index contributed by atoms with van der Waals surface area (Å²) in [6, 6.07) is -4.07. The molecular weight excluding hydrogens is 440 g/mol. The maximum Gasteiger partial charge on any atom is 0.327 e. The highest BCUT2D eigenvalue weighted by molar-refractivity contribution is 7.80. The Labute approximate surface area is 181 Å². The zero-order valence-corrected chi connectivity index (χ0v) is 17.2. The average Bonchev–Trinajstić information content (AvgIpc) is 2.75. The lowest BCUT2D eigenvalue weighted by Crippen LogP contribution is -2.55. The number of aliphatic hydroxyl groups is 2. The van der Waals surface area contributed by atoms with Gasteiger partial charge in [-0.15, -0.1) is 0 Å². The van der Waals surface area contributed by atoms with Crippen molar-refractivity contribution in [1.29, 1.82) is 0 Å². The van der Waals surface area contributed by atoms with Crippen LogP contribution in [0.25, 0.3) is 0 Å². The highest BCUT2D eigenvalue weighted by atomic mass is 32.1. The number of nitrogens with two attached hydrogens (primary N) is 1. The number of rotatable bonds is 14. The minimum Gasteiger partial charge on any atom is -0.480 e. The van der Waals surface area contributed by atoms with Gasteiger partial charge < -0.3 is 47.6 Å². The highest BCUT2D eigenvalue weighted by Gasteiger charge is 2.24. The Bertz CT molecular complexity index is 677. The van der Waals surface area contributed by atoms with Crippen LogP contribution in [0.15, 0.2) is 0 Å². The fourth-order valence-corrected chi connectivity index (χ4v) is 2.15. The number of hydrogen-bond donors (Lipinski definition) is 10. The van der Waals surface area contributed by atoms with Crippen molar-refractivity contribution >= 4 is 48.1 Å². The normalized spacial score (nSPS) is 13.2. The lowest BCUT2D eigenvalue weighted by atomic mass is 10.2. The van der Waals surface area contributed by atoms with Gasteiger partial charge in [-0.05, 0) is 0 Å². The SMILES string of the molecule is NCC(=O)N[C@@H](CO)C(=O)NCC(=O)N[C@@H](CO)C(=O)NCC(=O)N[C@@H](CS)C(=O)O. The van der Waals surface area contributed by atoms with Crippen LogP contribution < -0.4 is 32.3 Å². The Morgan fingerprint density at radius 1 is 0.742 bits per heavy atom. The Hall–Kier alpha value is -2.95. The number of hydrogen-bond acceptors (Lipinski definition) is 10. The van der Waals surface area contributed by atoms with Gasteiger partial charge in [-0.1, -0.05) is 0 Å². The van der Waals surface area contributed by atoms with E-state index in [1.807, 2.05) is 0 Å². The Morgan fingerprint density at radius 2 is 1.13 bits per heavy atom. The number of carboxylic acids is 1. The van der Waals surface area contributed by atoms with Crippen molar-refractivity contribution in [2.45, 2.75) is 18.1 Å². The molecule has 0 heterocycles. The van der Waals surface area contributed by atoms with Gasteiger partial charge in [0.15, 0.2) is 0 Å². The van der Waals surface area contributed by atoms with Gasteiger partial charge in [-0.25, -0.2) is 4.79 Å². The first-order valence-electron chi connectivity index (χ1n) is 8.78. The van der Waals surface area contributed by atoms with Crippen molar-refractivity contribution in [3.05, 3.63) is 0 Å². The summed E-state index contributed by atoms with van der Waals surface area (Å²) in [4.78, 5) is 69.3. The molecule has 0 radical (unpaired) electrons. The zero-order chi connectivity index (χ0) is 24.0. The summed E-state index contributed by atoms with van der Waals surface area (Å²) >= 11 is 3.76. The molecule has 0 aromatic rings. The fraction of sp³-hybridized carbons (Fsp3) is 0.600. The summed E-state index contributed by atoms with van der Waals surface area (Å²) in [6.45, 7) is -3.29. The van der Waals surface area contributed by atoms with Crippen molar-refractivity contribution < 1.29 is 44.1 Å². The zero-order valence-electron chi connectivity index (χ0n) is 16.3. The lowest BCUT2D eigenvalue weighted by Gasteiger charge is -2.18. The predicted molar refractivity (Wildman–Crippen MR) is 107 cm³/mol. The molecule has 0 aliphatic heterocycles. The van der Waals surface area contributed by atoms with Crippen molar-refractivity contribution in [1.82, 2.24) is 26.6 Å². The fourth-order valence-electron chi connectivity index (χ4n) is 1.90. The van der Waals surface area contributed by atoms with Crippen LogP contribution in [0.5, 0.6) is 0 Å². The minimum atomic E-state index is -1.47. The number of nitrogens with one attached hydrogen (secondary N) is 5. The Balaban J connectivity index is 4.54. The van der Waals surface area contributed by atoms with Gasteiger partial charge in [0, 0.05) is 5.75 Å². The molecule has 0 unspecified atom stereocenters. The van der Waals surface area contributed by atoms with Gasteiger partial charge in [0.05, 0.1) is 32.8 Å². The molecule has 0 spiro atoms. The summed E-state index contributed by atoms with van der Waals surface area (Å²) in [5.74, 6) is -5.76. The van der Waals surface area contributed by atoms with Crippen LogP contribution >= 0.6 is 12.6 Å². The number of carbonyl (C=O) groups is 6. The quantitative estimate of drug-likeness (QED) is 0.108. The van der Waals surface area contributed by atoms with Gasteiger partial charge in [0.2, 0.25) is 29.5 Å². The van der Waals surface area contributed by atoms with E-state index in [1.54, 1.807) is 0 Å². The van der Waals surface area contributed by atoms with E-state index in [2.05, 4.69) is 39.2 Å². The number of thiol groups is 1. The second-order valence-corrected chi connectivity index (χ2v) is 6.25. The molecule has 5 amide bonds. The smallest absolute Gasteiger partial charge is 0.327 e. The topological polar surface area (TPSA) is 249 Å². The summed E-state index contributed by atoms with van der Waals surface area (Å²) in [5, 5.41) is 37.7. The molecule has 176 valence electrons. The van der Waals surface area contributed by atoms with E-state index in [9.17, 15) is 33.9 Å². The second-order valence-electron chi connectivity index (χ2n) is 5.89. The van der Waals surface area contributed by atoms with E-state index in [4.69, 9.17) is 15.9 Å². The number of carbonyl (C=O) groups excluding carboxylic acids is 5. The van der Waals surface area contributed by atoms with E-state index in [0.29, 0.717) is 0 Å². The molecule has 15 nitrogen and oxygen atoms in total. The van der Waals surface area contributed by atoms with Crippen molar-refractivity contribution in [2.24, 2.45) is 5.73 Å². The molecule has 0 aromatic heterocycles. The summed E-state index contributed by atoms with van der Waals surface area (Å²) in [5.41, 5.74) is 5.08. The number of aliphatic hydroxyl groups excluding tert-OH is 2. The maximum absolute atomic E-state index is 12.0. The van der Waals surface area contributed by atoms with Crippen LogP contribution in [0.1, 0.15) is 0 Å². The molecule has 0 saturated carbocycles. The van der Waals surface area contributed by atoms with Crippen LogP contribution in [0.3, 0.4) is 0 Å². The largest absolute Gasteiger partial charge is 0.480 e. The lowest BCUT2D eigenvalue weighted by molar-refractivity contribution is -0.141. The molecule has 3 atom stereocenters. The van der Waals surface area contributed by atoms with Crippen LogP contribution in [0.2, 0.25) is 0 Å². The van der Waals surface area contributed by atoms with Crippen molar-refractivity contribution in [3.63, 3.8) is 0 Å². The van der Waals surface area contributed by atoms with E-state index >= 15 is 0 Å². The van der Waals surface area contributed by atoms with Gasteiger partial charge in [-0.3, -0.25) is 24.0 Å². The first-order chi connectivity index (χ1) is 14.6. The maximum atomic E-state index is 12.0.